The van der Waals surface area contributed by atoms with Crippen LogP contribution in [0, 0.1) is 5.92 Å². The number of fused-ring (bicyclic) bond motifs is 1. The highest BCUT2D eigenvalue weighted by Gasteiger charge is 2.23. The van der Waals surface area contributed by atoms with Crippen LogP contribution >= 0.6 is 0 Å². The number of rotatable bonds is 8. The van der Waals surface area contributed by atoms with Crippen LogP contribution in [-0.4, -0.2) is 75.6 Å². The molecule has 4 N–H and O–H groups in total. The summed E-state index contributed by atoms with van der Waals surface area (Å²) in [7, 11) is 2.01. The van der Waals surface area contributed by atoms with E-state index in [1.54, 1.807) is 6.20 Å². The van der Waals surface area contributed by atoms with Gasteiger partial charge in [-0.15, -0.1) is 0 Å². The van der Waals surface area contributed by atoms with Gasteiger partial charge in [0.2, 0.25) is 5.95 Å². The number of aliphatic imine (C=N–C) groups is 1. The molecule has 3 heterocycles. The average molecular weight is 456 g/mol. The van der Waals surface area contributed by atoms with Crippen molar-refractivity contribution in [3.63, 3.8) is 0 Å². The van der Waals surface area contributed by atoms with Crippen LogP contribution in [0.4, 0.5) is 5.95 Å². The number of esters is 1. The molecule has 0 bridgehead atoms. The molecule has 33 heavy (non-hydrogen) atoms. The van der Waals surface area contributed by atoms with Crippen LogP contribution in [0.15, 0.2) is 35.3 Å². The molecule has 0 radical (unpaired) electrons. The van der Waals surface area contributed by atoms with Gasteiger partial charge in [0.15, 0.2) is 0 Å². The summed E-state index contributed by atoms with van der Waals surface area (Å²) in [5, 5.41) is 13.8. The van der Waals surface area contributed by atoms with Crippen LogP contribution in [0.5, 0.6) is 0 Å². The van der Waals surface area contributed by atoms with Crippen molar-refractivity contribution in [2.45, 2.75) is 50.9 Å². The SMILES string of the molecule is CN1CC[C@@H](OC(=O)CN=CC(=CN)Nc2ncc3ccn(CC4CCC(O)CC4)c3n2)C1. The lowest BCUT2D eigenvalue weighted by molar-refractivity contribution is -0.146. The fourth-order valence-electron chi connectivity index (χ4n) is 4.46. The van der Waals surface area contributed by atoms with Crippen molar-refractivity contribution in [2.75, 3.05) is 32.0 Å². The van der Waals surface area contributed by atoms with Crippen molar-refractivity contribution in [2.24, 2.45) is 16.6 Å². The summed E-state index contributed by atoms with van der Waals surface area (Å²) in [6, 6.07) is 2.01. The highest BCUT2D eigenvalue weighted by Crippen LogP contribution is 2.27. The Labute approximate surface area is 193 Å². The third-order valence-corrected chi connectivity index (χ3v) is 6.31. The van der Waals surface area contributed by atoms with E-state index in [-0.39, 0.29) is 24.7 Å². The van der Waals surface area contributed by atoms with Gasteiger partial charge in [-0.1, -0.05) is 0 Å². The van der Waals surface area contributed by atoms with Gasteiger partial charge in [0.25, 0.3) is 0 Å². The number of aromatic nitrogens is 3. The summed E-state index contributed by atoms with van der Waals surface area (Å²) < 4.78 is 7.57. The Morgan fingerprint density at radius 1 is 1.36 bits per heavy atom. The first-order chi connectivity index (χ1) is 16.0. The number of anilines is 1. The van der Waals surface area contributed by atoms with E-state index in [0.717, 1.165) is 62.8 Å². The number of aliphatic hydroxyl groups excluding tert-OH is 1. The zero-order valence-corrected chi connectivity index (χ0v) is 19.1. The van der Waals surface area contributed by atoms with Gasteiger partial charge < -0.3 is 30.4 Å². The first kappa shape index (κ1) is 23.2. The number of hydrogen-bond donors (Lipinski definition) is 3. The second-order valence-electron chi connectivity index (χ2n) is 8.99. The van der Waals surface area contributed by atoms with Crippen LogP contribution in [-0.2, 0) is 16.1 Å². The second kappa shape index (κ2) is 10.8. The molecule has 0 aromatic carbocycles. The van der Waals surface area contributed by atoms with E-state index < -0.39 is 0 Å². The van der Waals surface area contributed by atoms with Crippen molar-refractivity contribution >= 4 is 29.2 Å². The maximum Gasteiger partial charge on any atom is 0.328 e. The lowest BCUT2D eigenvalue weighted by Crippen LogP contribution is -2.23. The minimum absolute atomic E-state index is 0.0598. The maximum atomic E-state index is 12.0. The van der Waals surface area contributed by atoms with Crippen LogP contribution in [0.2, 0.25) is 0 Å². The Morgan fingerprint density at radius 2 is 2.18 bits per heavy atom. The quantitative estimate of drug-likeness (QED) is 0.403. The normalized spacial score (nSPS) is 24.5. The molecule has 0 spiro atoms. The summed E-state index contributed by atoms with van der Waals surface area (Å²) in [4.78, 5) is 27.3. The lowest BCUT2D eigenvalue weighted by Gasteiger charge is -2.25. The number of allylic oxidation sites excluding steroid dienone is 1. The van der Waals surface area contributed by atoms with Crippen LogP contribution < -0.4 is 11.1 Å². The molecule has 2 aliphatic rings. The van der Waals surface area contributed by atoms with E-state index >= 15 is 0 Å². The molecule has 1 aliphatic carbocycles. The number of nitrogens with zero attached hydrogens (tertiary/aromatic N) is 5. The maximum absolute atomic E-state index is 12.0. The van der Waals surface area contributed by atoms with E-state index in [2.05, 4.69) is 29.7 Å². The first-order valence-corrected chi connectivity index (χ1v) is 11.6. The Balaban J connectivity index is 1.33. The third-order valence-electron chi connectivity index (χ3n) is 6.31. The summed E-state index contributed by atoms with van der Waals surface area (Å²) in [5.41, 5.74) is 7.06. The fraction of sp³-hybridized carbons (Fsp3) is 0.565. The number of ether oxygens (including phenoxy) is 1. The van der Waals surface area contributed by atoms with Crippen molar-refractivity contribution in [3.8, 4) is 0 Å². The molecular weight excluding hydrogens is 422 g/mol. The molecule has 10 heteroatoms. The predicted molar refractivity (Wildman–Crippen MR) is 127 cm³/mol. The van der Waals surface area contributed by atoms with Crippen molar-refractivity contribution in [3.05, 3.63) is 30.4 Å². The molecule has 0 unspecified atom stereocenters. The van der Waals surface area contributed by atoms with E-state index in [4.69, 9.17) is 10.5 Å². The summed E-state index contributed by atoms with van der Waals surface area (Å²) in [6.45, 7) is 2.49. The molecule has 0 amide bonds. The van der Waals surface area contributed by atoms with Crippen molar-refractivity contribution in [1.82, 2.24) is 19.4 Å². The third kappa shape index (κ3) is 6.29. The first-order valence-electron chi connectivity index (χ1n) is 11.6. The van der Waals surface area contributed by atoms with E-state index in [0.29, 0.717) is 17.6 Å². The van der Waals surface area contributed by atoms with E-state index in [1.165, 1.54) is 12.4 Å². The van der Waals surface area contributed by atoms with Gasteiger partial charge in [-0.3, -0.25) is 9.79 Å². The summed E-state index contributed by atoms with van der Waals surface area (Å²) >= 11 is 0. The number of hydrogen-bond acceptors (Lipinski definition) is 9. The van der Waals surface area contributed by atoms with Gasteiger partial charge in [0, 0.05) is 49.8 Å². The summed E-state index contributed by atoms with van der Waals surface area (Å²) in [6.07, 6.45) is 11.1. The number of carbonyl (C=O) groups is 1. The van der Waals surface area contributed by atoms with Gasteiger partial charge in [-0.2, -0.15) is 4.98 Å². The highest BCUT2D eigenvalue weighted by atomic mass is 16.5. The molecule has 1 saturated carbocycles. The molecular formula is C23H33N7O3. The second-order valence-corrected chi connectivity index (χ2v) is 8.99. The zero-order valence-electron chi connectivity index (χ0n) is 19.1. The molecule has 2 fully saturated rings. The molecule has 1 saturated heterocycles. The molecule has 2 aromatic rings. The number of aliphatic hydroxyl groups is 1. The van der Waals surface area contributed by atoms with Gasteiger partial charge in [-0.25, -0.2) is 4.98 Å². The zero-order chi connectivity index (χ0) is 23.2. The molecule has 1 atom stereocenters. The Hall–Kier alpha value is -2.98. The predicted octanol–water partition coefficient (Wildman–Crippen LogP) is 1.51. The van der Waals surface area contributed by atoms with Crippen LogP contribution in [0.1, 0.15) is 32.1 Å². The Morgan fingerprint density at radius 3 is 2.91 bits per heavy atom. The van der Waals surface area contributed by atoms with Gasteiger partial charge >= 0.3 is 5.97 Å². The average Bonchev–Trinajstić information content (AvgIpc) is 3.40. The Kier molecular flexibility index (Phi) is 7.56. The Bertz CT molecular complexity index is 1010. The van der Waals surface area contributed by atoms with Crippen molar-refractivity contribution < 1.29 is 14.6 Å². The smallest absolute Gasteiger partial charge is 0.328 e. The monoisotopic (exact) mass is 455 g/mol. The standard InChI is InChI=1S/C23H33N7O3/c1-29-8-7-20(15-29)33-21(32)13-25-12-18(10-24)27-23-26-11-17-6-9-30(22(17)28-23)14-16-2-4-19(31)5-3-16/h6,9-12,16,19-20,31H,2-5,7-8,13-15,24H2,1H3,(H,26,27,28)/t16?,19?,20-/m1/s1. The number of carbonyl (C=O) groups excluding carboxylic acids is 1. The molecule has 178 valence electrons. The number of likely N-dealkylation sites (N-methyl/N-ethyl adjacent to an activating group) is 1. The molecule has 1 aliphatic heterocycles. The van der Waals surface area contributed by atoms with Crippen LogP contribution in [0.3, 0.4) is 0 Å². The molecule has 2 aromatic heterocycles. The van der Waals surface area contributed by atoms with Crippen molar-refractivity contribution in [1.29, 1.82) is 0 Å². The lowest BCUT2D eigenvalue weighted by atomic mass is 9.87. The summed E-state index contributed by atoms with van der Waals surface area (Å²) in [5.74, 6) is 0.585. The number of nitrogens with one attached hydrogen (secondary N) is 1. The number of nitrogens with two attached hydrogens (primary N) is 1. The molecule has 4 rings (SSSR count). The largest absolute Gasteiger partial charge is 0.460 e. The minimum atomic E-state index is -0.353. The van der Waals surface area contributed by atoms with Crippen LogP contribution in [0.25, 0.3) is 11.0 Å². The molecule has 10 nitrogen and oxygen atoms in total. The number of likely N-dealkylation sites (tertiary alicyclic amines) is 1. The van der Waals surface area contributed by atoms with E-state index in [1.807, 2.05) is 19.3 Å². The van der Waals surface area contributed by atoms with Gasteiger partial charge in [0.1, 0.15) is 18.3 Å². The van der Waals surface area contributed by atoms with E-state index in [9.17, 15) is 9.90 Å². The topological polar surface area (TPSA) is 131 Å². The fourth-order valence-corrected chi connectivity index (χ4v) is 4.46. The van der Waals surface area contributed by atoms with Gasteiger partial charge in [-0.05, 0) is 51.1 Å². The van der Waals surface area contributed by atoms with Gasteiger partial charge in [0.05, 0.1) is 11.8 Å². The highest BCUT2D eigenvalue weighted by molar-refractivity contribution is 5.85. The minimum Gasteiger partial charge on any atom is -0.460 e.